The Morgan fingerprint density at radius 1 is 0.960 bits per heavy atom. The van der Waals surface area contributed by atoms with Gasteiger partial charge in [0.05, 0.1) is 6.26 Å². The summed E-state index contributed by atoms with van der Waals surface area (Å²) in [4.78, 5) is 30.8. The molecule has 1 aliphatic heterocycles. The van der Waals surface area contributed by atoms with Crippen molar-refractivity contribution in [3.8, 4) is 0 Å². The van der Waals surface area contributed by atoms with Crippen molar-refractivity contribution in [3.05, 3.63) is 60.1 Å². The number of hydrogen-bond acceptors (Lipinski definition) is 4. The van der Waals surface area contributed by atoms with E-state index in [-0.39, 0.29) is 17.9 Å². The van der Waals surface area contributed by atoms with E-state index in [4.69, 9.17) is 4.42 Å². The van der Waals surface area contributed by atoms with Crippen LogP contribution in [0.3, 0.4) is 0 Å². The van der Waals surface area contributed by atoms with E-state index in [9.17, 15) is 9.59 Å². The van der Waals surface area contributed by atoms with Gasteiger partial charge in [0.1, 0.15) is 6.04 Å². The fourth-order valence-electron chi connectivity index (χ4n) is 3.16. The van der Waals surface area contributed by atoms with Crippen LogP contribution in [-0.4, -0.2) is 66.8 Å². The molecule has 1 aromatic carbocycles. The summed E-state index contributed by atoms with van der Waals surface area (Å²) in [5, 5.41) is 0. The molecule has 0 radical (unpaired) electrons. The molecule has 6 heteroatoms. The summed E-state index contributed by atoms with van der Waals surface area (Å²) in [5.41, 5.74) is 0.978. The Morgan fingerprint density at radius 3 is 2.16 bits per heavy atom. The highest BCUT2D eigenvalue weighted by Gasteiger charge is 2.31. The number of nitrogens with zero attached hydrogens (tertiary/aromatic N) is 3. The number of carbonyl (C=O) groups is 2. The standard InChI is InChI=1S/C19H23N3O3/c1-20(2)17(15-7-4-3-5-8-15)19(24)22-12-10-21(11-13-22)18(23)16-9-6-14-25-16/h3-9,14,17H,10-13H2,1-2H3. The van der Waals surface area contributed by atoms with Crippen LogP contribution in [0.5, 0.6) is 0 Å². The van der Waals surface area contributed by atoms with Crippen LogP contribution in [0, 0.1) is 0 Å². The van der Waals surface area contributed by atoms with Crippen LogP contribution >= 0.6 is 0 Å². The Labute approximate surface area is 147 Å². The molecule has 0 bridgehead atoms. The fraction of sp³-hybridized carbons (Fsp3) is 0.368. The van der Waals surface area contributed by atoms with Crippen molar-refractivity contribution in [1.29, 1.82) is 0 Å². The number of furan rings is 1. The van der Waals surface area contributed by atoms with Crippen molar-refractivity contribution >= 4 is 11.8 Å². The summed E-state index contributed by atoms with van der Waals surface area (Å²) in [5.74, 6) is 0.292. The lowest BCUT2D eigenvalue weighted by atomic mass is 10.0. The van der Waals surface area contributed by atoms with Gasteiger partial charge >= 0.3 is 0 Å². The van der Waals surface area contributed by atoms with Gasteiger partial charge in [0.2, 0.25) is 5.91 Å². The van der Waals surface area contributed by atoms with Gasteiger partial charge in [0.25, 0.3) is 5.91 Å². The predicted molar refractivity (Wildman–Crippen MR) is 94.1 cm³/mol. The summed E-state index contributed by atoms with van der Waals surface area (Å²) < 4.78 is 5.17. The number of amides is 2. The van der Waals surface area contributed by atoms with E-state index in [1.54, 1.807) is 17.0 Å². The first kappa shape index (κ1) is 17.2. The Hall–Kier alpha value is -2.60. The van der Waals surface area contributed by atoms with E-state index in [0.29, 0.717) is 31.9 Å². The van der Waals surface area contributed by atoms with Gasteiger partial charge in [0.15, 0.2) is 5.76 Å². The predicted octanol–water partition coefficient (Wildman–Crippen LogP) is 1.87. The minimum Gasteiger partial charge on any atom is -0.459 e. The molecule has 0 N–H and O–H groups in total. The van der Waals surface area contributed by atoms with Gasteiger partial charge in [0, 0.05) is 26.2 Å². The minimum absolute atomic E-state index is 0.0706. The van der Waals surface area contributed by atoms with Crippen molar-refractivity contribution < 1.29 is 14.0 Å². The van der Waals surface area contributed by atoms with Crippen LogP contribution in [0.2, 0.25) is 0 Å². The third-order valence-corrected chi connectivity index (χ3v) is 4.48. The van der Waals surface area contributed by atoms with E-state index < -0.39 is 0 Å². The zero-order valence-electron chi connectivity index (χ0n) is 14.6. The van der Waals surface area contributed by atoms with Crippen molar-refractivity contribution in [2.45, 2.75) is 6.04 Å². The summed E-state index contributed by atoms with van der Waals surface area (Å²) in [7, 11) is 3.82. The molecule has 1 fully saturated rings. The van der Waals surface area contributed by atoms with Crippen LogP contribution in [0.4, 0.5) is 0 Å². The molecule has 0 aliphatic carbocycles. The third kappa shape index (κ3) is 3.74. The second-order valence-electron chi connectivity index (χ2n) is 6.37. The first-order chi connectivity index (χ1) is 12.1. The number of likely N-dealkylation sites (N-methyl/N-ethyl adjacent to an activating group) is 1. The van der Waals surface area contributed by atoms with Crippen molar-refractivity contribution in [1.82, 2.24) is 14.7 Å². The molecule has 1 aliphatic rings. The second-order valence-corrected chi connectivity index (χ2v) is 6.37. The molecule has 1 atom stereocenters. The quantitative estimate of drug-likeness (QED) is 0.852. The maximum atomic E-state index is 13.0. The topological polar surface area (TPSA) is 57.0 Å². The molecule has 2 amide bonds. The molecule has 0 saturated carbocycles. The first-order valence-electron chi connectivity index (χ1n) is 8.41. The average molecular weight is 341 g/mol. The highest BCUT2D eigenvalue weighted by molar-refractivity contribution is 5.91. The number of benzene rings is 1. The number of piperazine rings is 1. The van der Waals surface area contributed by atoms with Gasteiger partial charge < -0.3 is 14.2 Å². The molecule has 1 aromatic heterocycles. The average Bonchev–Trinajstić information content (AvgIpc) is 3.16. The molecule has 3 rings (SSSR count). The highest BCUT2D eigenvalue weighted by atomic mass is 16.3. The Balaban J connectivity index is 1.65. The number of hydrogen-bond donors (Lipinski definition) is 0. The van der Waals surface area contributed by atoms with Crippen LogP contribution in [0.25, 0.3) is 0 Å². The molecule has 2 aromatic rings. The summed E-state index contributed by atoms with van der Waals surface area (Å²) in [6, 6.07) is 12.8. The number of carbonyl (C=O) groups excluding carboxylic acids is 2. The zero-order chi connectivity index (χ0) is 17.8. The SMILES string of the molecule is CN(C)C(C(=O)N1CCN(C(=O)c2ccco2)CC1)c1ccccc1. The van der Waals surface area contributed by atoms with E-state index in [0.717, 1.165) is 5.56 Å². The van der Waals surface area contributed by atoms with Crippen molar-refractivity contribution in [3.63, 3.8) is 0 Å². The molecule has 25 heavy (non-hydrogen) atoms. The van der Waals surface area contributed by atoms with E-state index in [1.165, 1.54) is 6.26 Å². The molecule has 6 nitrogen and oxygen atoms in total. The number of rotatable bonds is 4. The van der Waals surface area contributed by atoms with Gasteiger partial charge in [-0.05, 0) is 31.8 Å². The maximum absolute atomic E-state index is 13.0. The van der Waals surface area contributed by atoms with Crippen molar-refractivity contribution in [2.75, 3.05) is 40.3 Å². The monoisotopic (exact) mass is 341 g/mol. The molecule has 1 unspecified atom stereocenters. The summed E-state index contributed by atoms with van der Waals surface area (Å²) in [6.07, 6.45) is 1.49. The lowest BCUT2D eigenvalue weighted by Gasteiger charge is -2.37. The lowest BCUT2D eigenvalue weighted by Crippen LogP contribution is -2.52. The largest absolute Gasteiger partial charge is 0.459 e. The molecule has 132 valence electrons. The molecular formula is C19H23N3O3. The van der Waals surface area contributed by atoms with E-state index in [1.807, 2.05) is 54.2 Å². The Kier molecular flexibility index (Phi) is 5.19. The van der Waals surface area contributed by atoms with Crippen LogP contribution in [0.1, 0.15) is 22.2 Å². The van der Waals surface area contributed by atoms with Crippen LogP contribution in [0.15, 0.2) is 53.1 Å². The van der Waals surface area contributed by atoms with Gasteiger partial charge in [-0.1, -0.05) is 30.3 Å². The smallest absolute Gasteiger partial charge is 0.289 e. The van der Waals surface area contributed by atoms with Gasteiger partial charge in [-0.15, -0.1) is 0 Å². The Bertz CT molecular complexity index is 705. The van der Waals surface area contributed by atoms with Gasteiger partial charge in [-0.25, -0.2) is 0 Å². The van der Waals surface area contributed by atoms with E-state index >= 15 is 0 Å². The highest BCUT2D eigenvalue weighted by Crippen LogP contribution is 2.22. The van der Waals surface area contributed by atoms with E-state index in [2.05, 4.69) is 0 Å². The first-order valence-corrected chi connectivity index (χ1v) is 8.41. The van der Waals surface area contributed by atoms with Crippen LogP contribution in [-0.2, 0) is 4.79 Å². The molecule has 0 spiro atoms. The summed E-state index contributed by atoms with van der Waals surface area (Å²) >= 11 is 0. The maximum Gasteiger partial charge on any atom is 0.289 e. The third-order valence-electron chi connectivity index (χ3n) is 4.48. The Morgan fingerprint density at radius 2 is 1.60 bits per heavy atom. The van der Waals surface area contributed by atoms with Crippen LogP contribution < -0.4 is 0 Å². The normalized spacial score (nSPS) is 16.1. The molecule has 1 saturated heterocycles. The van der Waals surface area contributed by atoms with Gasteiger partial charge in [-0.3, -0.25) is 14.5 Å². The molecular weight excluding hydrogens is 318 g/mol. The summed E-state index contributed by atoms with van der Waals surface area (Å²) in [6.45, 7) is 2.09. The second kappa shape index (κ2) is 7.53. The zero-order valence-corrected chi connectivity index (χ0v) is 14.6. The lowest BCUT2D eigenvalue weighted by molar-refractivity contribution is -0.137. The van der Waals surface area contributed by atoms with Crippen molar-refractivity contribution in [2.24, 2.45) is 0 Å². The molecule has 2 heterocycles. The minimum atomic E-state index is -0.312. The fourth-order valence-corrected chi connectivity index (χ4v) is 3.16. The van der Waals surface area contributed by atoms with Gasteiger partial charge in [-0.2, -0.15) is 0 Å².